The molecule has 2 N–H and O–H groups in total. The molecule has 1 rings (SSSR count). The predicted molar refractivity (Wildman–Crippen MR) is 62.7 cm³/mol. The van der Waals surface area contributed by atoms with Gasteiger partial charge < -0.3 is 4.90 Å². The number of hydrogen-bond acceptors (Lipinski definition) is 3. The molecule has 1 atom stereocenters. The molecule has 0 aliphatic rings. The Labute approximate surface area is 96.2 Å². The highest BCUT2D eigenvalue weighted by Gasteiger charge is 2.22. The number of nitrogens with zero attached hydrogens (tertiary/aromatic N) is 2. The smallest absolute Gasteiger partial charge is 0.239 e. The van der Waals surface area contributed by atoms with E-state index in [2.05, 4.69) is 15.5 Å². The van der Waals surface area contributed by atoms with Crippen LogP contribution < -0.4 is 5.32 Å². The largest absolute Gasteiger partial charge is 0.347 e. The summed E-state index contributed by atoms with van der Waals surface area (Å²) in [7, 11) is 3.55. The van der Waals surface area contributed by atoms with E-state index in [4.69, 9.17) is 0 Å². The number of aromatic amines is 1. The van der Waals surface area contributed by atoms with Crippen molar-refractivity contribution in [2.75, 3.05) is 14.1 Å². The van der Waals surface area contributed by atoms with Gasteiger partial charge in [-0.05, 0) is 12.0 Å². The van der Waals surface area contributed by atoms with Crippen LogP contribution in [0, 0.1) is 5.92 Å². The van der Waals surface area contributed by atoms with Gasteiger partial charge in [0.1, 0.15) is 0 Å². The van der Waals surface area contributed by atoms with E-state index in [1.54, 1.807) is 25.2 Å². The monoisotopic (exact) mass is 224 g/mol. The Hall–Kier alpha value is -1.36. The van der Waals surface area contributed by atoms with Gasteiger partial charge in [-0.1, -0.05) is 13.8 Å². The van der Waals surface area contributed by atoms with E-state index in [9.17, 15) is 4.79 Å². The lowest BCUT2D eigenvalue weighted by Crippen LogP contribution is -2.46. The zero-order chi connectivity index (χ0) is 12.1. The number of amides is 1. The fourth-order valence-electron chi connectivity index (χ4n) is 1.49. The molecular formula is C11H20N4O. The predicted octanol–water partition coefficient (Wildman–Crippen LogP) is 0.612. The van der Waals surface area contributed by atoms with Crippen molar-refractivity contribution in [2.24, 2.45) is 5.92 Å². The summed E-state index contributed by atoms with van der Waals surface area (Å²) < 4.78 is 0. The van der Waals surface area contributed by atoms with Crippen LogP contribution in [-0.4, -0.2) is 41.1 Å². The van der Waals surface area contributed by atoms with E-state index in [1.165, 1.54) is 0 Å². The number of carbonyl (C=O) groups is 1. The standard InChI is InChI=1S/C11H20N4O/c1-8(2)10(11(16)15(3)4)12-7-9-5-6-13-14-9/h5-6,8,10,12H,7H2,1-4H3,(H,13,14). The molecule has 0 saturated heterocycles. The van der Waals surface area contributed by atoms with Gasteiger partial charge in [-0.3, -0.25) is 15.2 Å². The summed E-state index contributed by atoms with van der Waals surface area (Å²) in [6.45, 7) is 4.69. The van der Waals surface area contributed by atoms with Crippen LogP contribution in [0.2, 0.25) is 0 Å². The number of H-pyrrole nitrogens is 1. The summed E-state index contributed by atoms with van der Waals surface area (Å²) >= 11 is 0. The Kier molecular flexibility index (Phi) is 4.49. The number of hydrogen-bond donors (Lipinski definition) is 2. The van der Waals surface area contributed by atoms with E-state index in [-0.39, 0.29) is 17.9 Å². The highest BCUT2D eigenvalue weighted by molar-refractivity contribution is 5.81. The van der Waals surface area contributed by atoms with Crippen LogP contribution in [0.5, 0.6) is 0 Å². The van der Waals surface area contributed by atoms with Crippen molar-refractivity contribution >= 4 is 5.91 Å². The third-order valence-corrected chi connectivity index (χ3v) is 2.44. The van der Waals surface area contributed by atoms with Crippen molar-refractivity contribution in [1.82, 2.24) is 20.4 Å². The molecule has 16 heavy (non-hydrogen) atoms. The second-order valence-electron chi connectivity index (χ2n) is 4.42. The first-order chi connectivity index (χ1) is 7.52. The summed E-state index contributed by atoms with van der Waals surface area (Å²) in [6, 6.07) is 1.74. The molecule has 5 heteroatoms. The highest BCUT2D eigenvalue weighted by atomic mass is 16.2. The maximum Gasteiger partial charge on any atom is 0.239 e. The fraction of sp³-hybridized carbons (Fsp3) is 0.636. The van der Waals surface area contributed by atoms with E-state index < -0.39 is 0 Å². The molecule has 5 nitrogen and oxygen atoms in total. The average Bonchev–Trinajstić information content (AvgIpc) is 2.69. The molecule has 90 valence electrons. The first kappa shape index (κ1) is 12.7. The summed E-state index contributed by atoms with van der Waals surface area (Å²) in [5, 5.41) is 9.97. The Balaban J connectivity index is 2.55. The average molecular weight is 224 g/mol. The number of rotatable bonds is 5. The summed E-state index contributed by atoms with van der Waals surface area (Å²) in [4.78, 5) is 13.5. The van der Waals surface area contributed by atoms with Crippen LogP contribution in [0.1, 0.15) is 19.5 Å². The van der Waals surface area contributed by atoms with Crippen LogP contribution in [0.15, 0.2) is 12.3 Å². The Bertz CT molecular complexity index is 319. The molecule has 1 heterocycles. The molecule has 0 aromatic carbocycles. The third kappa shape index (κ3) is 3.34. The zero-order valence-corrected chi connectivity index (χ0v) is 10.3. The summed E-state index contributed by atoms with van der Waals surface area (Å²) in [6.07, 6.45) is 1.70. The summed E-state index contributed by atoms with van der Waals surface area (Å²) in [5.74, 6) is 0.368. The second-order valence-corrected chi connectivity index (χ2v) is 4.42. The van der Waals surface area contributed by atoms with Crippen LogP contribution in [-0.2, 0) is 11.3 Å². The number of aromatic nitrogens is 2. The number of carbonyl (C=O) groups excluding carboxylic acids is 1. The lowest BCUT2D eigenvalue weighted by atomic mass is 10.0. The van der Waals surface area contributed by atoms with E-state index in [0.717, 1.165) is 5.69 Å². The van der Waals surface area contributed by atoms with Gasteiger partial charge in [-0.15, -0.1) is 0 Å². The molecule has 0 bridgehead atoms. The minimum absolute atomic E-state index is 0.106. The van der Waals surface area contributed by atoms with E-state index in [1.807, 2.05) is 19.9 Å². The molecule has 1 aromatic rings. The molecule has 0 radical (unpaired) electrons. The van der Waals surface area contributed by atoms with Gasteiger partial charge >= 0.3 is 0 Å². The van der Waals surface area contributed by atoms with Crippen LogP contribution in [0.25, 0.3) is 0 Å². The third-order valence-electron chi connectivity index (χ3n) is 2.44. The molecular weight excluding hydrogens is 204 g/mol. The van der Waals surface area contributed by atoms with Crippen molar-refractivity contribution in [3.8, 4) is 0 Å². The van der Waals surface area contributed by atoms with Gasteiger partial charge in [0.15, 0.2) is 0 Å². The van der Waals surface area contributed by atoms with Crippen LogP contribution in [0.3, 0.4) is 0 Å². The van der Waals surface area contributed by atoms with E-state index >= 15 is 0 Å². The number of likely N-dealkylation sites (N-methyl/N-ethyl adjacent to an activating group) is 1. The lowest BCUT2D eigenvalue weighted by molar-refractivity contribution is -0.132. The highest BCUT2D eigenvalue weighted by Crippen LogP contribution is 2.05. The maximum atomic E-state index is 11.9. The quantitative estimate of drug-likeness (QED) is 0.770. The molecule has 1 unspecified atom stereocenters. The Morgan fingerprint density at radius 2 is 2.25 bits per heavy atom. The van der Waals surface area contributed by atoms with Crippen molar-refractivity contribution in [3.05, 3.63) is 18.0 Å². The summed E-state index contributed by atoms with van der Waals surface area (Å²) in [5.41, 5.74) is 0.984. The maximum absolute atomic E-state index is 11.9. The lowest BCUT2D eigenvalue weighted by Gasteiger charge is -2.24. The molecule has 0 spiro atoms. The number of nitrogens with one attached hydrogen (secondary N) is 2. The molecule has 0 saturated carbocycles. The molecule has 0 aliphatic carbocycles. The molecule has 0 aliphatic heterocycles. The molecule has 1 amide bonds. The minimum Gasteiger partial charge on any atom is -0.347 e. The zero-order valence-electron chi connectivity index (χ0n) is 10.3. The SMILES string of the molecule is CC(C)C(NCc1ccn[nH]1)C(=O)N(C)C. The van der Waals surface area contributed by atoms with Gasteiger partial charge in [0.2, 0.25) is 5.91 Å². The Morgan fingerprint density at radius 3 is 2.69 bits per heavy atom. The van der Waals surface area contributed by atoms with Gasteiger partial charge in [-0.2, -0.15) is 5.10 Å². The minimum atomic E-state index is -0.154. The van der Waals surface area contributed by atoms with Gasteiger partial charge in [0.25, 0.3) is 0 Å². The van der Waals surface area contributed by atoms with Crippen LogP contribution >= 0.6 is 0 Å². The van der Waals surface area contributed by atoms with Crippen molar-refractivity contribution < 1.29 is 4.79 Å². The first-order valence-electron chi connectivity index (χ1n) is 5.45. The van der Waals surface area contributed by atoms with Crippen molar-refractivity contribution in [1.29, 1.82) is 0 Å². The van der Waals surface area contributed by atoms with Gasteiger partial charge in [-0.25, -0.2) is 0 Å². The van der Waals surface area contributed by atoms with Gasteiger partial charge in [0, 0.05) is 32.5 Å². The van der Waals surface area contributed by atoms with Crippen molar-refractivity contribution in [2.45, 2.75) is 26.4 Å². The van der Waals surface area contributed by atoms with Crippen LogP contribution in [0.4, 0.5) is 0 Å². The Morgan fingerprint density at radius 1 is 1.56 bits per heavy atom. The molecule has 0 fully saturated rings. The first-order valence-corrected chi connectivity index (χ1v) is 5.45. The van der Waals surface area contributed by atoms with Gasteiger partial charge in [0.05, 0.1) is 6.04 Å². The normalized spacial score (nSPS) is 12.8. The van der Waals surface area contributed by atoms with Crippen molar-refractivity contribution in [3.63, 3.8) is 0 Å². The second kappa shape index (κ2) is 5.65. The van der Waals surface area contributed by atoms with E-state index in [0.29, 0.717) is 6.54 Å². The molecule has 1 aromatic heterocycles. The topological polar surface area (TPSA) is 61.0 Å². The fourth-order valence-corrected chi connectivity index (χ4v) is 1.49.